The molecule has 6 nitrogen and oxygen atoms in total. The van der Waals surface area contributed by atoms with Gasteiger partial charge in [-0.1, -0.05) is 6.07 Å². The van der Waals surface area contributed by atoms with Crippen molar-refractivity contribution in [2.45, 2.75) is 12.8 Å². The number of hydrogen-bond acceptors (Lipinski definition) is 3. The smallest absolute Gasteiger partial charge is 0.312 e. The molecule has 3 amide bonds. The summed E-state index contributed by atoms with van der Waals surface area (Å²) in [7, 11) is 0. The fourth-order valence-electron chi connectivity index (χ4n) is 2.55. The number of amides is 3. The Morgan fingerprint density at radius 3 is 2.90 bits per heavy atom. The van der Waals surface area contributed by atoms with E-state index in [2.05, 4.69) is 21.2 Å². The first kappa shape index (κ1) is 15.6. The summed E-state index contributed by atoms with van der Waals surface area (Å²) >= 11 is 3.37. The Labute approximate surface area is 132 Å². The first-order valence-electron chi connectivity index (χ1n) is 6.85. The Kier molecular flexibility index (Phi) is 5.06. The first-order valence-corrected chi connectivity index (χ1v) is 7.65. The minimum Gasteiger partial charge on any atom is -0.398 e. The van der Waals surface area contributed by atoms with Crippen LogP contribution in [0.4, 0.5) is 10.5 Å². The number of likely N-dealkylation sites (tertiary alicyclic amines) is 1. The monoisotopic (exact) mass is 354 g/mol. The number of primary amides is 1. The average molecular weight is 355 g/mol. The highest BCUT2D eigenvalue weighted by molar-refractivity contribution is 9.10. The normalized spacial score (nSPS) is 18.3. The first-order chi connectivity index (χ1) is 9.99. The lowest BCUT2D eigenvalue weighted by Gasteiger charge is -2.33. The van der Waals surface area contributed by atoms with Gasteiger partial charge in [0.15, 0.2) is 0 Å². The van der Waals surface area contributed by atoms with E-state index in [9.17, 15) is 9.59 Å². The number of hydrogen-bond donors (Lipinski definition) is 3. The zero-order valence-electron chi connectivity index (χ0n) is 11.6. The summed E-state index contributed by atoms with van der Waals surface area (Å²) in [4.78, 5) is 25.2. The molecule has 1 heterocycles. The molecule has 1 saturated heterocycles. The van der Waals surface area contributed by atoms with Crippen LogP contribution in [0.1, 0.15) is 23.2 Å². The van der Waals surface area contributed by atoms with E-state index < -0.39 is 6.03 Å². The summed E-state index contributed by atoms with van der Waals surface area (Å²) in [6.45, 7) is 1.82. The van der Waals surface area contributed by atoms with Crippen LogP contribution in [-0.2, 0) is 0 Å². The molecule has 5 N–H and O–H groups in total. The molecule has 114 valence electrons. The maximum Gasteiger partial charge on any atom is 0.312 e. The predicted octanol–water partition coefficient (Wildman–Crippen LogP) is 1.55. The number of anilines is 1. The predicted molar refractivity (Wildman–Crippen MR) is 84.8 cm³/mol. The van der Waals surface area contributed by atoms with E-state index in [-0.39, 0.29) is 11.8 Å². The molecule has 21 heavy (non-hydrogen) atoms. The molecular weight excluding hydrogens is 336 g/mol. The van der Waals surface area contributed by atoms with Crippen LogP contribution in [0, 0.1) is 5.92 Å². The van der Waals surface area contributed by atoms with Crippen LogP contribution in [0.2, 0.25) is 0 Å². The van der Waals surface area contributed by atoms with E-state index >= 15 is 0 Å². The highest BCUT2D eigenvalue weighted by Gasteiger charge is 2.26. The quantitative estimate of drug-likeness (QED) is 0.717. The van der Waals surface area contributed by atoms with Crippen molar-refractivity contribution in [2.75, 3.05) is 25.4 Å². The molecule has 1 aliphatic rings. The molecule has 1 aromatic rings. The zero-order valence-corrected chi connectivity index (χ0v) is 13.2. The van der Waals surface area contributed by atoms with Gasteiger partial charge in [-0.15, -0.1) is 0 Å². The van der Waals surface area contributed by atoms with Gasteiger partial charge in [-0.05, 0) is 46.8 Å². The van der Waals surface area contributed by atoms with Crippen LogP contribution < -0.4 is 16.8 Å². The lowest BCUT2D eigenvalue weighted by Crippen LogP contribution is -2.44. The summed E-state index contributed by atoms with van der Waals surface area (Å²) in [5.74, 6) is 0.188. The van der Waals surface area contributed by atoms with Gasteiger partial charge in [0.25, 0.3) is 5.91 Å². The van der Waals surface area contributed by atoms with Crippen molar-refractivity contribution in [3.05, 3.63) is 28.2 Å². The summed E-state index contributed by atoms with van der Waals surface area (Å²) in [6.07, 6.45) is 1.89. The number of urea groups is 1. The van der Waals surface area contributed by atoms with Crippen LogP contribution in [-0.4, -0.2) is 36.5 Å². The standard InChI is InChI=1S/C14H19BrN4O2/c15-12-10(4-1-5-11(12)16)13(20)19-6-2-3-9(8-19)7-18-14(17)21/h1,4-5,9H,2-3,6-8,16H2,(H3,17,18,21). The van der Waals surface area contributed by atoms with Crippen molar-refractivity contribution < 1.29 is 9.59 Å². The number of halogens is 1. The Hall–Kier alpha value is -1.76. The lowest BCUT2D eigenvalue weighted by atomic mass is 9.97. The van der Waals surface area contributed by atoms with Gasteiger partial charge in [0.05, 0.1) is 10.0 Å². The molecule has 0 saturated carbocycles. The molecule has 1 aromatic carbocycles. The fraction of sp³-hybridized carbons (Fsp3) is 0.429. The van der Waals surface area contributed by atoms with Crippen molar-refractivity contribution in [1.82, 2.24) is 10.2 Å². The molecule has 0 spiro atoms. The molecule has 1 fully saturated rings. The van der Waals surface area contributed by atoms with E-state index in [1.165, 1.54) is 0 Å². The molecule has 0 aromatic heterocycles. The van der Waals surface area contributed by atoms with Crippen molar-refractivity contribution in [1.29, 1.82) is 0 Å². The molecule has 0 bridgehead atoms. The highest BCUT2D eigenvalue weighted by atomic mass is 79.9. The van der Waals surface area contributed by atoms with E-state index in [0.717, 1.165) is 12.8 Å². The maximum atomic E-state index is 12.6. The molecule has 0 aliphatic carbocycles. The van der Waals surface area contributed by atoms with Crippen LogP contribution in [0.15, 0.2) is 22.7 Å². The number of nitrogens with one attached hydrogen (secondary N) is 1. The minimum atomic E-state index is -0.531. The Morgan fingerprint density at radius 2 is 2.19 bits per heavy atom. The number of nitrogens with zero attached hydrogens (tertiary/aromatic N) is 1. The second kappa shape index (κ2) is 6.80. The summed E-state index contributed by atoms with van der Waals surface area (Å²) in [6, 6.07) is 4.74. The van der Waals surface area contributed by atoms with Crippen molar-refractivity contribution >= 4 is 33.6 Å². The SMILES string of the molecule is NC(=O)NCC1CCCN(C(=O)c2cccc(N)c2Br)C1. The van der Waals surface area contributed by atoms with Gasteiger partial charge in [-0.3, -0.25) is 4.79 Å². The molecule has 0 radical (unpaired) electrons. The molecule has 1 unspecified atom stereocenters. The lowest BCUT2D eigenvalue weighted by molar-refractivity contribution is 0.0674. The Bertz CT molecular complexity index is 550. The number of carbonyl (C=O) groups is 2. The van der Waals surface area contributed by atoms with E-state index in [1.807, 2.05) is 0 Å². The minimum absolute atomic E-state index is 0.0436. The van der Waals surface area contributed by atoms with Gasteiger partial charge in [0.1, 0.15) is 0 Å². The Balaban J connectivity index is 2.05. The number of carbonyl (C=O) groups excluding carboxylic acids is 2. The average Bonchev–Trinajstić information content (AvgIpc) is 2.47. The molecule has 7 heteroatoms. The number of rotatable bonds is 3. The third-order valence-electron chi connectivity index (χ3n) is 3.63. The Morgan fingerprint density at radius 1 is 1.43 bits per heavy atom. The van der Waals surface area contributed by atoms with Gasteiger partial charge in [0, 0.05) is 25.3 Å². The van der Waals surface area contributed by atoms with Crippen LogP contribution >= 0.6 is 15.9 Å². The maximum absolute atomic E-state index is 12.6. The number of piperidine rings is 1. The molecule has 2 rings (SSSR count). The summed E-state index contributed by atoms with van der Waals surface area (Å²) in [5, 5.41) is 2.61. The summed E-state index contributed by atoms with van der Waals surface area (Å²) < 4.78 is 0.632. The van der Waals surface area contributed by atoms with Crippen molar-refractivity contribution in [3.8, 4) is 0 Å². The second-order valence-corrected chi connectivity index (χ2v) is 6.01. The van der Waals surface area contributed by atoms with Crippen LogP contribution in [0.25, 0.3) is 0 Å². The fourth-order valence-corrected chi connectivity index (χ4v) is 2.98. The third kappa shape index (κ3) is 3.87. The van der Waals surface area contributed by atoms with E-state index in [4.69, 9.17) is 11.5 Å². The van der Waals surface area contributed by atoms with Gasteiger partial charge < -0.3 is 21.7 Å². The van der Waals surface area contributed by atoms with Gasteiger partial charge in [0.2, 0.25) is 0 Å². The van der Waals surface area contributed by atoms with Gasteiger partial charge in [-0.2, -0.15) is 0 Å². The second-order valence-electron chi connectivity index (χ2n) is 5.21. The van der Waals surface area contributed by atoms with Crippen molar-refractivity contribution in [3.63, 3.8) is 0 Å². The zero-order chi connectivity index (χ0) is 15.4. The number of benzene rings is 1. The van der Waals surface area contributed by atoms with E-state index in [0.29, 0.717) is 35.4 Å². The number of nitrogens with two attached hydrogens (primary N) is 2. The topological polar surface area (TPSA) is 101 Å². The van der Waals surface area contributed by atoms with Crippen LogP contribution in [0.5, 0.6) is 0 Å². The summed E-state index contributed by atoms with van der Waals surface area (Å²) in [5.41, 5.74) is 12.0. The largest absolute Gasteiger partial charge is 0.398 e. The van der Waals surface area contributed by atoms with Gasteiger partial charge in [-0.25, -0.2) is 4.79 Å². The van der Waals surface area contributed by atoms with Gasteiger partial charge >= 0.3 is 6.03 Å². The third-order valence-corrected chi connectivity index (χ3v) is 4.52. The molecule has 1 aliphatic heterocycles. The number of nitrogen functional groups attached to an aromatic ring is 1. The molecule has 1 atom stereocenters. The van der Waals surface area contributed by atoms with Crippen molar-refractivity contribution in [2.24, 2.45) is 11.7 Å². The molecular formula is C14H19BrN4O2. The van der Waals surface area contributed by atoms with E-state index in [1.54, 1.807) is 23.1 Å². The highest BCUT2D eigenvalue weighted by Crippen LogP contribution is 2.26. The van der Waals surface area contributed by atoms with Crippen LogP contribution in [0.3, 0.4) is 0 Å².